The molecule has 0 saturated heterocycles. The first-order valence-electron chi connectivity index (χ1n) is 11.0. The quantitative estimate of drug-likeness (QED) is 0.312. The van der Waals surface area contributed by atoms with E-state index in [0.717, 1.165) is 31.9 Å². The fraction of sp³-hybridized carbons (Fsp3) is 0.192. The van der Waals surface area contributed by atoms with Gasteiger partial charge in [-0.15, -0.1) is 11.3 Å². The van der Waals surface area contributed by atoms with Gasteiger partial charge in [-0.3, -0.25) is 4.79 Å². The molecule has 5 rings (SSSR count). The van der Waals surface area contributed by atoms with Gasteiger partial charge in [0.25, 0.3) is 0 Å². The van der Waals surface area contributed by atoms with E-state index in [4.69, 9.17) is 16.3 Å². The van der Waals surface area contributed by atoms with Crippen molar-refractivity contribution in [2.24, 2.45) is 0 Å². The molecule has 6 nitrogen and oxygen atoms in total. The topological polar surface area (TPSA) is 67.4 Å². The number of Topliss-reactive ketones (excluding diaryl/α,β-unsaturated/α-hetero) is 1. The van der Waals surface area contributed by atoms with E-state index in [0.29, 0.717) is 35.0 Å². The number of fused-ring (bicyclic) bond motifs is 3. The number of ketones is 1. The third-order valence-corrected chi connectivity index (χ3v) is 7.07. The van der Waals surface area contributed by atoms with E-state index in [1.807, 2.05) is 31.3 Å². The number of aromatic nitrogens is 2. The molecule has 178 valence electrons. The second-order valence-electron chi connectivity index (χ2n) is 8.43. The van der Waals surface area contributed by atoms with Crippen LogP contribution in [0.3, 0.4) is 0 Å². The van der Waals surface area contributed by atoms with Crippen LogP contribution in [0.2, 0.25) is 5.02 Å². The third kappa shape index (κ3) is 4.85. The van der Waals surface area contributed by atoms with Gasteiger partial charge < -0.3 is 15.0 Å². The van der Waals surface area contributed by atoms with Crippen LogP contribution in [0, 0.1) is 5.82 Å². The standard InChI is InChI=1S/C26H22ClFN4O2S/c1-32(2)12-19-21(33)8-7-18-23-25(29-14-30-26(23)35-24(18)19)31-17-6-9-22(20(27)11-17)34-13-15-4-3-5-16(28)10-15/h3-6,9-12,14H,7-8,13H2,1-2H3,(H,29,30,31). The van der Waals surface area contributed by atoms with Crippen LogP contribution >= 0.6 is 22.9 Å². The number of benzene rings is 2. The summed E-state index contributed by atoms with van der Waals surface area (Å²) in [5, 5.41) is 4.70. The van der Waals surface area contributed by atoms with Crippen molar-refractivity contribution in [1.29, 1.82) is 0 Å². The molecule has 2 aromatic heterocycles. The van der Waals surface area contributed by atoms with Crippen LogP contribution < -0.4 is 10.1 Å². The second-order valence-corrected chi connectivity index (χ2v) is 9.84. The van der Waals surface area contributed by atoms with Crippen LogP contribution in [0.25, 0.3) is 15.8 Å². The molecule has 4 aromatic rings. The van der Waals surface area contributed by atoms with Crippen LogP contribution in [0.15, 0.2) is 55.0 Å². The molecule has 2 aromatic carbocycles. The number of hydrogen-bond acceptors (Lipinski definition) is 7. The average Bonchev–Trinajstić information content (AvgIpc) is 3.20. The Hall–Kier alpha value is -3.49. The van der Waals surface area contributed by atoms with Gasteiger partial charge in [0.15, 0.2) is 5.78 Å². The molecule has 0 fully saturated rings. The molecule has 0 saturated carbocycles. The number of thiophene rings is 1. The summed E-state index contributed by atoms with van der Waals surface area (Å²) in [6.45, 7) is 0.208. The SMILES string of the molecule is CN(C)C=C1C(=O)CCc2c1sc1ncnc(Nc3ccc(OCc4cccc(F)c4)c(Cl)c3)c21. The molecular formula is C26H22ClFN4O2S. The maximum Gasteiger partial charge on any atom is 0.166 e. The van der Waals surface area contributed by atoms with Gasteiger partial charge in [0.05, 0.1) is 16.0 Å². The molecule has 0 radical (unpaired) electrons. The van der Waals surface area contributed by atoms with Crippen molar-refractivity contribution in [2.75, 3.05) is 19.4 Å². The zero-order chi connectivity index (χ0) is 24.5. The molecular weight excluding hydrogens is 487 g/mol. The molecule has 1 aliphatic rings. The summed E-state index contributed by atoms with van der Waals surface area (Å²) in [6.07, 6.45) is 4.49. The van der Waals surface area contributed by atoms with Crippen molar-refractivity contribution in [3.8, 4) is 5.75 Å². The summed E-state index contributed by atoms with van der Waals surface area (Å²) in [5.41, 5.74) is 3.26. The molecule has 0 amide bonds. The summed E-state index contributed by atoms with van der Waals surface area (Å²) in [4.78, 5) is 25.2. The summed E-state index contributed by atoms with van der Waals surface area (Å²) in [6, 6.07) is 11.6. The van der Waals surface area contributed by atoms with Gasteiger partial charge in [0.2, 0.25) is 0 Å². The van der Waals surface area contributed by atoms with Crippen LogP contribution in [0.1, 0.15) is 22.4 Å². The predicted octanol–water partition coefficient (Wildman–Crippen LogP) is 6.22. The van der Waals surface area contributed by atoms with Crippen molar-refractivity contribution >= 4 is 56.0 Å². The average molecular weight is 509 g/mol. The Morgan fingerprint density at radius 2 is 2.06 bits per heavy atom. The van der Waals surface area contributed by atoms with Gasteiger partial charge in [0.1, 0.15) is 35.1 Å². The van der Waals surface area contributed by atoms with E-state index < -0.39 is 0 Å². The number of hydrogen-bond donors (Lipinski definition) is 1. The summed E-state index contributed by atoms with van der Waals surface area (Å²) >= 11 is 7.98. The largest absolute Gasteiger partial charge is 0.487 e. The molecule has 2 heterocycles. The van der Waals surface area contributed by atoms with Gasteiger partial charge >= 0.3 is 0 Å². The lowest BCUT2D eigenvalue weighted by Crippen LogP contribution is -2.14. The lowest BCUT2D eigenvalue weighted by atomic mass is 9.92. The number of nitrogens with one attached hydrogen (secondary N) is 1. The van der Waals surface area contributed by atoms with Gasteiger partial charge in [-0.2, -0.15) is 0 Å². The van der Waals surface area contributed by atoms with E-state index in [-0.39, 0.29) is 18.2 Å². The Morgan fingerprint density at radius 1 is 1.20 bits per heavy atom. The van der Waals surface area contributed by atoms with Crippen molar-refractivity contribution in [2.45, 2.75) is 19.4 Å². The lowest BCUT2D eigenvalue weighted by Gasteiger charge is -2.17. The van der Waals surface area contributed by atoms with Crippen LogP contribution in [0.5, 0.6) is 5.75 Å². The number of carbonyl (C=O) groups is 1. The van der Waals surface area contributed by atoms with Crippen LogP contribution in [-0.4, -0.2) is 34.7 Å². The number of allylic oxidation sites excluding steroid dienone is 1. The minimum Gasteiger partial charge on any atom is -0.487 e. The first-order chi connectivity index (χ1) is 16.9. The molecule has 1 N–H and O–H groups in total. The Bertz CT molecular complexity index is 1470. The first-order valence-corrected chi connectivity index (χ1v) is 12.2. The maximum absolute atomic E-state index is 13.4. The zero-order valence-electron chi connectivity index (χ0n) is 19.1. The number of ether oxygens (including phenoxy) is 1. The van der Waals surface area contributed by atoms with E-state index >= 15 is 0 Å². The molecule has 35 heavy (non-hydrogen) atoms. The van der Waals surface area contributed by atoms with E-state index in [1.54, 1.807) is 24.3 Å². The van der Waals surface area contributed by atoms with E-state index in [2.05, 4.69) is 15.3 Å². The fourth-order valence-electron chi connectivity index (χ4n) is 4.05. The number of carbonyl (C=O) groups excluding carboxylic acids is 1. The monoisotopic (exact) mass is 508 g/mol. The highest BCUT2D eigenvalue weighted by atomic mass is 35.5. The van der Waals surface area contributed by atoms with Gasteiger partial charge in [0, 0.05) is 37.3 Å². The van der Waals surface area contributed by atoms with Crippen LogP contribution in [-0.2, 0) is 17.8 Å². The molecule has 0 spiro atoms. The minimum atomic E-state index is -0.308. The van der Waals surface area contributed by atoms with E-state index in [9.17, 15) is 9.18 Å². The van der Waals surface area contributed by atoms with Crippen molar-refractivity contribution in [3.05, 3.63) is 81.8 Å². The molecule has 1 aliphatic carbocycles. The molecule has 9 heteroatoms. The predicted molar refractivity (Wildman–Crippen MR) is 138 cm³/mol. The molecule has 0 aliphatic heterocycles. The lowest BCUT2D eigenvalue weighted by molar-refractivity contribution is -0.113. The number of rotatable bonds is 6. The normalized spacial score (nSPS) is 14.3. The number of aryl methyl sites for hydroxylation is 1. The Morgan fingerprint density at radius 3 is 2.83 bits per heavy atom. The summed E-state index contributed by atoms with van der Waals surface area (Å²) in [7, 11) is 3.81. The maximum atomic E-state index is 13.4. The van der Waals surface area contributed by atoms with Gasteiger partial charge in [-0.25, -0.2) is 14.4 Å². The smallest absolute Gasteiger partial charge is 0.166 e. The van der Waals surface area contributed by atoms with Crippen molar-refractivity contribution in [1.82, 2.24) is 14.9 Å². The van der Waals surface area contributed by atoms with Crippen LogP contribution in [0.4, 0.5) is 15.9 Å². The molecule has 0 unspecified atom stereocenters. The fourth-order valence-corrected chi connectivity index (χ4v) is 5.50. The van der Waals surface area contributed by atoms with Crippen molar-refractivity contribution in [3.63, 3.8) is 0 Å². The Kier molecular flexibility index (Phi) is 6.40. The zero-order valence-corrected chi connectivity index (χ0v) is 20.7. The number of anilines is 2. The van der Waals surface area contributed by atoms with E-state index in [1.165, 1.54) is 29.8 Å². The number of halogens is 2. The van der Waals surface area contributed by atoms with Gasteiger partial charge in [-0.05, 0) is 47.9 Å². The highest BCUT2D eigenvalue weighted by Gasteiger charge is 2.28. The highest BCUT2D eigenvalue weighted by molar-refractivity contribution is 7.20. The highest BCUT2D eigenvalue weighted by Crippen LogP contribution is 2.42. The first kappa shape index (κ1) is 23.3. The summed E-state index contributed by atoms with van der Waals surface area (Å²) < 4.78 is 19.2. The Balaban J connectivity index is 1.42. The molecule has 0 bridgehead atoms. The molecule has 0 atom stereocenters. The number of nitrogens with zero attached hydrogens (tertiary/aromatic N) is 3. The second kappa shape index (κ2) is 9.64. The third-order valence-electron chi connectivity index (χ3n) is 5.60. The summed E-state index contributed by atoms with van der Waals surface area (Å²) in [5.74, 6) is 0.993. The Labute approximate surface area is 211 Å². The van der Waals surface area contributed by atoms with Gasteiger partial charge in [-0.1, -0.05) is 23.7 Å². The minimum absolute atomic E-state index is 0.140. The van der Waals surface area contributed by atoms with Crippen molar-refractivity contribution < 1.29 is 13.9 Å².